The SMILES string of the molecule is Cc1cc2c(cc1N(c1cc(-c3ccccc3)cc(N(c3ccc4c(c3)C(C)(C)c3ccccc3C4(C)C)c3ccc4c(c3)C(C)(C)c3ccccc3C4(C)C)c1)c1cccc3c1oc1cc4c(cc13)C(C)(C)CCC4(C)C)C(C)(C)CCC2(C)C. The zero-order chi connectivity index (χ0) is 60.6. The highest BCUT2D eigenvalue weighted by Crippen LogP contribution is 2.57. The standard InChI is InChI=1S/C83H88N2O/c1-51-42-66-68(78(6,7)40-38-76(66,2)3)49-73(51)85(72-33-25-28-58-59-48-67-69(50-74(59)86-75(58)72)79(8,9)41-39-77(67,4)5)57-44-53(52-26-19-18-20-27-52)43-56(45-57)84(54-34-36-64-70(46-54)82(14,15)62-31-23-21-29-60(62)80(64,10)11)55-35-37-65-71(47-55)83(16,17)63-32-24-22-30-61(63)81(65,12)13/h18-37,42-50H,38-41H2,1-17H3. The summed E-state index contributed by atoms with van der Waals surface area (Å²) in [5.41, 5.74) is 28.0. The summed E-state index contributed by atoms with van der Waals surface area (Å²) < 4.78 is 7.47. The second kappa shape index (κ2) is 18.7. The largest absolute Gasteiger partial charge is 0.454 e. The van der Waals surface area contributed by atoms with Crippen LogP contribution in [0.1, 0.15) is 209 Å². The molecule has 3 heteroatoms. The van der Waals surface area contributed by atoms with Crippen molar-refractivity contribution in [2.24, 2.45) is 0 Å². The molecule has 0 spiro atoms. The molecule has 14 rings (SSSR count). The summed E-state index contributed by atoms with van der Waals surface area (Å²) >= 11 is 0. The summed E-state index contributed by atoms with van der Waals surface area (Å²) in [4.78, 5) is 5.16. The third kappa shape index (κ3) is 8.32. The van der Waals surface area contributed by atoms with Crippen molar-refractivity contribution in [3.63, 3.8) is 0 Å². The molecular formula is C83H88N2O. The van der Waals surface area contributed by atoms with Gasteiger partial charge in [0.1, 0.15) is 5.58 Å². The fourth-order valence-electron chi connectivity index (χ4n) is 16.7. The van der Waals surface area contributed by atoms with E-state index < -0.39 is 0 Å². The Morgan fingerprint density at radius 1 is 0.291 bits per heavy atom. The maximum Gasteiger partial charge on any atom is 0.159 e. The van der Waals surface area contributed by atoms with Crippen molar-refractivity contribution in [2.75, 3.05) is 9.80 Å². The lowest BCUT2D eigenvalue weighted by Gasteiger charge is -2.45. The first-order valence-corrected chi connectivity index (χ1v) is 32.0. The van der Waals surface area contributed by atoms with E-state index in [1.54, 1.807) is 0 Å². The predicted molar refractivity (Wildman–Crippen MR) is 365 cm³/mol. The molecule has 0 bridgehead atoms. The van der Waals surface area contributed by atoms with Crippen molar-refractivity contribution in [1.29, 1.82) is 0 Å². The van der Waals surface area contributed by atoms with Crippen LogP contribution in [0.15, 0.2) is 180 Å². The molecule has 10 aromatic rings. The Labute approximate surface area is 513 Å². The molecule has 0 unspecified atom stereocenters. The quantitative estimate of drug-likeness (QED) is 0.159. The van der Waals surface area contributed by atoms with Crippen molar-refractivity contribution < 1.29 is 4.42 Å². The van der Waals surface area contributed by atoms with Gasteiger partial charge in [-0.05, 0) is 204 Å². The van der Waals surface area contributed by atoms with Gasteiger partial charge in [-0.25, -0.2) is 0 Å². The molecule has 0 saturated heterocycles. The van der Waals surface area contributed by atoms with E-state index >= 15 is 0 Å². The fraction of sp³-hybridized carbons (Fsp3) is 0.349. The molecule has 436 valence electrons. The van der Waals surface area contributed by atoms with E-state index in [1.807, 2.05) is 0 Å². The van der Waals surface area contributed by atoms with Gasteiger partial charge >= 0.3 is 0 Å². The second-order valence-electron chi connectivity index (χ2n) is 31.2. The van der Waals surface area contributed by atoms with Gasteiger partial charge in [0.05, 0.1) is 5.69 Å². The molecule has 4 aliphatic carbocycles. The Kier molecular flexibility index (Phi) is 12.2. The molecule has 0 radical (unpaired) electrons. The summed E-state index contributed by atoms with van der Waals surface area (Å²) in [5, 5.41) is 2.33. The first-order chi connectivity index (χ1) is 40.5. The lowest BCUT2D eigenvalue weighted by atomic mass is 9.60. The summed E-state index contributed by atoms with van der Waals surface area (Å²) in [7, 11) is 0. The number of fused-ring (bicyclic) bond motifs is 9. The van der Waals surface area contributed by atoms with E-state index in [4.69, 9.17) is 4.42 Å². The topological polar surface area (TPSA) is 19.6 Å². The van der Waals surface area contributed by atoms with Gasteiger partial charge in [-0.1, -0.05) is 220 Å². The smallest absolute Gasteiger partial charge is 0.159 e. The summed E-state index contributed by atoms with van der Waals surface area (Å²) in [6.45, 7) is 41.2. The molecule has 1 aromatic heterocycles. The van der Waals surface area contributed by atoms with E-state index in [-0.39, 0.29) is 43.3 Å². The van der Waals surface area contributed by atoms with Gasteiger partial charge in [0, 0.05) is 60.9 Å². The van der Waals surface area contributed by atoms with E-state index in [0.29, 0.717) is 0 Å². The van der Waals surface area contributed by atoms with Crippen molar-refractivity contribution in [3.05, 3.63) is 248 Å². The maximum atomic E-state index is 7.47. The monoisotopic (exact) mass is 1130 g/mol. The van der Waals surface area contributed by atoms with Gasteiger partial charge < -0.3 is 14.2 Å². The molecule has 0 amide bonds. The van der Waals surface area contributed by atoms with Gasteiger partial charge in [0.15, 0.2) is 5.58 Å². The Bertz CT molecular complexity index is 4320. The van der Waals surface area contributed by atoms with Crippen LogP contribution in [0.5, 0.6) is 0 Å². The second-order valence-corrected chi connectivity index (χ2v) is 31.2. The van der Waals surface area contributed by atoms with Crippen LogP contribution in [0.3, 0.4) is 0 Å². The van der Waals surface area contributed by atoms with Gasteiger partial charge in [0.2, 0.25) is 0 Å². The number of nitrogens with zero attached hydrogens (tertiary/aromatic N) is 2. The predicted octanol–water partition coefficient (Wildman–Crippen LogP) is 23.1. The van der Waals surface area contributed by atoms with Gasteiger partial charge in [-0.2, -0.15) is 0 Å². The van der Waals surface area contributed by atoms with Crippen LogP contribution in [0.25, 0.3) is 33.1 Å². The Morgan fingerprint density at radius 3 is 1.21 bits per heavy atom. The number of hydrogen-bond acceptors (Lipinski definition) is 3. The molecule has 0 saturated carbocycles. The van der Waals surface area contributed by atoms with E-state index in [0.717, 1.165) is 81.8 Å². The molecule has 0 fully saturated rings. The first-order valence-electron chi connectivity index (χ1n) is 32.0. The van der Waals surface area contributed by atoms with Crippen LogP contribution < -0.4 is 9.80 Å². The number of benzene rings is 9. The number of para-hydroxylation sites is 1. The lowest BCUT2D eigenvalue weighted by Crippen LogP contribution is -2.37. The van der Waals surface area contributed by atoms with Crippen molar-refractivity contribution in [2.45, 2.75) is 187 Å². The molecular weight excluding hydrogens is 1040 g/mol. The molecule has 3 nitrogen and oxygen atoms in total. The van der Waals surface area contributed by atoms with Crippen molar-refractivity contribution in [3.8, 4) is 11.1 Å². The average Bonchev–Trinajstić information content (AvgIpc) is 0.907. The van der Waals surface area contributed by atoms with E-state index in [2.05, 4.69) is 303 Å². The highest BCUT2D eigenvalue weighted by Gasteiger charge is 2.45. The Hall–Kier alpha value is -7.62. The normalized spacial score (nSPS) is 19.1. The summed E-state index contributed by atoms with van der Waals surface area (Å²) in [6, 6.07) is 68.4. The highest BCUT2D eigenvalue weighted by molar-refractivity contribution is 6.11. The van der Waals surface area contributed by atoms with Crippen molar-refractivity contribution in [1.82, 2.24) is 0 Å². The molecule has 9 aromatic carbocycles. The van der Waals surface area contributed by atoms with Crippen LogP contribution in [0.4, 0.5) is 34.1 Å². The third-order valence-corrected chi connectivity index (χ3v) is 22.4. The van der Waals surface area contributed by atoms with E-state index in [9.17, 15) is 0 Å². The number of anilines is 6. The third-order valence-electron chi connectivity index (χ3n) is 22.4. The van der Waals surface area contributed by atoms with E-state index in [1.165, 1.54) is 83.4 Å². The average molecular weight is 1130 g/mol. The Balaban J connectivity index is 1.08. The molecule has 1 heterocycles. The number of furan rings is 1. The zero-order valence-electron chi connectivity index (χ0n) is 54.4. The fourth-order valence-corrected chi connectivity index (χ4v) is 16.7. The minimum Gasteiger partial charge on any atom is -0.454 e. The Morgan fingerprint density at radius 2 is 0.709 bits per heavy atom. The molecule has 0 atom stereocenters. The minimum absolute atomic E-state index is 0.0263. The number of rotatable bonds is 7. The molecule has 0 N–H and O–H groups in total. The van der Waals surface area contributed by atoms with Gasteiger partial charge in [0.25, 0.3) is 0 Å². The number of hydrogen-bond donors (Lipinski definition) is 0. The van der Waals surface area contributed by atoms with Crippen LogP contribution in [0, 0.1) is 6.92 Å². The van der Waals surface area contributed by atoms with Crippen LogP contribution in [-0.4, -0.2) is 0 Å². The van der Waals surface area contributed by atoms with Crippen molar-refractivity contribution >= 4 is 56.1 Å². The zero-order valence-corrected chi connectivity index (χ0v) is 54.4. The van der Waals surface area contributed by atoms with Gasteiger partial charge in [-0.15, -0.1) is 0 Å². The lowest BCUT2D eigenvalue weighted by molar-refractivity contribution is 0.332. The summed E-state index contributed by atoms with van der Waals surface area (Å²) in [6.07, 6.45) is 4.57. The van der Waals surface area contributed by atoms with Crippen LogP contribution in [-0.2, 0) is 43.3 Å². The van der Waals surface area contributed by atoms with Gasteiger partial charge in [-0.3, -0.25) is 0 Å². The minimum atomic E-state index is -0.259. The molecule has 86 heavy (non-hydrogen) atoms. The van der Waals surface area contributed by atoms with Crippen LogP contribution in [0.2, 0.25) is 0 Å². The van der Waals surface area contributed by atoms with Crippen LogP contribution >= 0.6 is 0 Å². The highest BCUT2D eigenvalue weighted by atomic mass is 16.3. The number of aryl methyl sites for hydroxylation is 1. The summed E-state index contributed by atoms with van der Waals surface area (Å²) in [5.74, 6) is 0. The molecule has 0 aliphatic heterocycles. The first kappa shape index (κ1) is 56.2. The molecule has 4 aliphatic rings. The maximum absolute atomic E-state index is 7.47.